The van der Waals surface area contributed by atoms with Gasteiger partial charge in [-0.3, -0.25) is 0 Å². The summed E-state index contributed by atoms with van der Waals surface area (Å²) in [5.41, 5.74) is 1.31. The standard InChI is InChI=1S/C10H13NO2S/c1-13-10(12)9-6-7-2-4-11-5-3-8(7)14-9/h6,11H,2-5H2,1H3. The average Bonchev–Trinajstić information content (AvgIpc) is 2.49. The molecule has 0 saturated heterocycles. The first-order chi connectivity index (χ1) is 6.81. The predicted molar refractivity (Wildman–Crippen MR) is 55.9 cm³/mol. The van der Waals surface area contributed by atoms with E-state index in [1.807, 2.05) is 6.07 Å². The topological polar surface area (TPSA) is 38.3 Å². The lowest BCUT2D eigenvalue weighted by Crippen LogP contribution is -2.16. The van der Waals surface area contributed by atoms with Crippen LogP contribution in [0.5, 0.6) is 0 Å². The summed E-state index contributed by atoms with van der Waals surface area (Å²) in [6.45, 7) is 2.01. The van der Waals surface area contributed by atoms with Crippen molar-refractivity contribution in [2.45, 2.75) is 12.8 Å². The second-order valence-corrected chi connectivity index (χ2v) is 4.44. The lowest BCUT2D eigenvalue weighted by Gasteiger charge is -1.95. The molecule has 0 unspecified atom stereocenters. The van der Waals surface area contributed by atoms with E-state index in [-0.39, 0.29) is 5.97 Å². The number of methoxy groups -OCH3 is 1. The molecule has 0 fully saturated rings. The molecular weight excluding hydrogens is 198 g/mol. The Balaban J connectivity index is 2.26. The van der Waals surface area contributed by atoms with E-state index < -0.39 is 0 Å². The molecule has 14 heavy (non-hydrogen) atoms. The molecule has 1 aliphatic heterocycles. The average molecular weight is 211 g/mol. The summed E-state index contributed by atoms with van der Waals surface area (Å²) < 4.78 is 4.70. The predicted octanol–water partition coefficient (Wildman–Crippen LogP) is 1.22. The SMILES string of the molecule is COC(=O)c1cc2c(s1)CCNCC2. The highest BCUT2D eigenvalue weighted by Crippen LogP contribution is 2.25. The fourth-order valence-electron chi connectivity index (χ4n) is 1.64. The summed E-state index contributed by atoms with van der Waals surface area (Å²) >= 11 is 1.57. The number of hydrogen-bond acceptors (Lipinski definition) is 4. The number of thiophene rings is 1. The van der Waals surface area contributed by atoms with Crippen LogP contribution in [0.15, 0.2) is 6.07 Å². The van der Waals surface area contributed by atoms with Gasteiger partial charge in [-0.05, 0) is 37.6 Å². The second-order valence-electron chi connectivity index (χ2n) is 3.30. The molecule has 0 aromatic carbocycles. The van der Waals surface area contributed by atoms with E-state index in [1.165, 1.54) is 17.6 Å². The van der Waals surface area contributed by atoms with Gasteiger partial charge in [-0.1, -0.05) is 0 Å². The maximum Gasteiger partial charge on any atom is 0.348 e. The molecule has 0 bridgehead atoms. The Morgan fingerprint density at radius 1 is 1.50 bits per heavy atom. The minimum atomic E-state index is -0.212. The molecule has 0 spiro atoms. The van der Waals surface area contributed by atoms with Crippen LogP contribution >= 0.6 is 11.3 Å². The Hall–Kier alpha value is -0.870. The van der Waals surface area contributed by atoms with Crippen LogP contribution in [0.1, 0.15) is 20.1 Å². The number of ether oxygens (including phenoxy) is 1. The van der Waals surface area contributed by atoms with Crippen LogP contribution in [0.4, 0.5) is 0 Å². The Bertz CT molecular complexity index is 322. The molecule has 0 saturated carbocycles. The minimum absolute atomic E-state index is 0.212. The number of carbonyl (C=O) groups is 1. The van der Waals surface area contributed by atoms with E-state index in [2.05, 4.69) is 5.32 Å². The monoisotopic (exact) mass is 211 g/mol. The van der Waals surface area contributed by atoms with Gasteiger partial charge in [0.2, 0.25) is 0 Å². The highest BCUT2D eigenvalue weighted by atomic mass is 32.1. The van der Waals surface area contributed by atoms with Crippen LogP contribution in [0.25, 0.3) is 0 Å². The summed E-state index contributed by atoms with van der Waals surface area (Å²) in [5.74, 6) is -0.212. The maximum atomic E-state index is 11.3. The third kappa shape index (κ3) is 1.81. The maximum absolute atomic E-state index is 11.3. The van der Waals surface area contributed by atoms with Crippen LogP contribution < -0.4 is 5.32 Å². The summed E-state index contributed by atoms with van der Waals surface area (Å²) in [7, 11) is 1.43. The number of esters is 1. The van der Waals surface area contributed by atoms with Gasteiger partial charge in [0.25, 0.3) is 0 Å². The van der Waals surface area contributed by atoms with E-state index in [1.54, 1.807) is 11.3 Å². The van der Waals surface area contributed by atoms with Crippen LogP contribution in [0.3, 0.4) is 0 Å². The largest absolute Gasteiger partial charge is 0.465 e. The van der Waals surface area contributed by atoms with Crippen molar-refractivity contribution in [1.29, 1.82) is 0 Å². The Morgan fingerprint density at radius 3 is 3.07 bits per heavy atom. The van der Waals surface area contributed by atoms with Crippen LogP contribution in [0, 0.1) is 0 Å². The molecule has 1 aromatic heterocycles. The zero-order valence-corrected chi connectivity index (χ0v) is 8.95. The lowest BCUT2D eigenvalue weighted by atomic mass is 10.1. The van der Waals surface area contributed by atoms with E-state index in [0.29, 0.717) is 0 Å². The zero-order chi connectivity index (χ0) is 9.97. The molecule has 4 heteroatoms. The van der Waals surface area contributed by atoms with E-state index >= 15 is 0 Å². The molecule has 2 heterocycles. The highest BCUT2D eigenvalue weighted by molar-refractivity contribution is 7.14. The molecule has 1 aromatic rings. The lowest BCUT2D eigenvalue weighted by molar-refractivity contribution is 0.0606. The molecular formula is C10H13NO2S. The molecule has 2 rings (SSSR count). The van der Waals surface area contributed by atoms with E-state index in [0.717, 1.165) is 30.8 Å². The van der Waals surface area contributed by atoms with Crippen molar-refractivity contribution in [3.8, 4) is 0 Å². The summed E-state index contributed by atoms with van der Waals surface area (Å²) in [6, 6.07) is 1.97. The van der Waals surface area contributed by atoms with E-state index in [9.17, 15) is 4.79 Å². The van der Waals surface area contributed by atoms with Gasteiger partial charge < -0.3 is 10.1 Å². The highest BCUT2D eigenvalue weighted by Gasteiger charge is 2.15. The summed E-state index contributed by atoms with van der Waals surface area (Å²) in [6.07, 6.45) is 2.04. The molecule has 0 radical (unpaired) electrons. The fraction of sp³-hybridized carbons (Fsp3) is 0.500. The van der Waals surface area contributed by atoms with Gasteiger partial charge in [-0.15, -0.1) is 11.3 Å². The molecule has 0 atom stereocenters. The first kappa shape index (κ1) is 9.68. The molecule has 1 aliphatic rings. The van der Waals surface area contributed by atoms with Gasteiger partial charge in [0.05, 0.1) is 7.11 Å². The summed E-state index contributed by atoms with van der Waals surface area (Å²) in [5, 5.41) is 3.33. The van der Waals surface area contributed by atoms with Crippen molar-refractivity contribution in [3.63, 3.8) is 0 Å². The fourth-order valence-corrected chi connectivity index (χ4v) is 2.77. The van der Waals surface area contributed by atoms with Crippen molar-refractivity contribution in [3.05, 3.63) is 21.4 Å². The van der Waals surface area contributed by atoms with Gasteiger partial charge in [-0.25, -0.2) is 4.79 Å². The van der Waals surface area contributed by atoms with Gasteiger partial charge in [0.1, 0.15) is 4.88 Å². The normalized spacial score (nSPS) is 15.8. The molecule has 0 amide bonds. The van der Waals surface area contributed by atoms with Gasteiger partial charge in [0.15, 0.2) is 0 Å². The van der Waals surface area contributed by atoms with Gasteiger partial charge in [0, 0.05) is 4.88 Å². The second kappa shape index (κ2) is 4.11. The molecule has 3 nitrogen and oxygen atoms in total. The quantitative estimate of drug-likeness (QED) is 0.710. The Labute approximate surface area is 87.1 Å². The first-order valence-electron chi connectivity index (χ1n) is 4.72. The minimum Gasteiger partial charge on any atom is -0.465 e. The third-order valence-corrected chi connectivity index (χ3v) is 3.60. The van der Waals surface area contributed by atoms with Crippen LogP contribution in [-0.4, -0.2) is 26.2 Å². The third-order valence-electron chi connectivity index (χ3n) is 2.38. The molecule has 1 N–H and O–H groups in total. The van der Waals surface area contributed by atoms with Crippen molar-refractivity contribution >= 4 is 17.3 Å². The zero-order valence-electron chi connectivity index (χ0n) is 8.13. The van der Waals surface area contributed by atoms with Crippen molar-refractivity contribution < 1.29 is 9.53 Å². The Kier molecular flexibility index (Phi) is 2.84. The number of rotatable bonds is 1. The van der Waals surface area contributed by atoms with Crippen LogP contribution in [-0.2, 0) is 17.6 Å². The number of fused-ring (bicyclic) bond motifs is 1. The van der Waals surface area contributed by atoms with E-state index in [4.69, 9.17) is 4.74 Å². The van der Waals surface area contributed by atoms with Crippen molar-refractivity contribution in [2.24, 2.45) is 0 Å². The smallest absolute Gasteiger partial charge is 0.348 e. The van der Waals surface area contributed by atoms with Crippen molar-refractivity contribution in [1.82, 2.24) is 5.32 Å². The van der Waals surface area contributed by atoms with Gasteiger partial charge >= 0.3 is 5.97 Å². The summed E-state index contributed by atoms with van der Waals surface area (Å²) in [4.78, 5) is 13.4. The van der Waals surface area contributed by atoms with Crippen LogP contribution in [0.2, 0.25) is 0 Å². The number of nitrogens with one attached hydrogen (secondary N) is 1. The van der Waals surface area contributed by atoms with Gasteiger partial charge in [-0.2, -0.15) is 0 Å². The number of carbonyl (C=O) groups excluding carboxylic acids is 1. The molecule has 0 aliphatic carbocycles. The number of hydrogen-bond donors (Lipinski definition) is 1. The molecule has 76 valence electrons. The van der Waals surface area contributed by atoms with Crippen molar-refractivity contribution in [2.75, 3.05) is 20.2 Å². The Morgan fingerprint density at radius 2 is 2.29 bits per heavy atom. The first-order valence-corrected chi connectivity index (χ1v) is 5.53.